The number of aromatic amines is 1. The number of nitrogens with one attached hydrogen (secondary N) is 2. The summed E-state index contributed by atoms with van der Waals surface area (Å²) < 4.78 is 5.62. The lowest BCUT2D eigenvalue weighted by molar-refractivity contribution is 0.0956. The summed E-state index contributed by atoms with van der Waals surface area (Å²) in [5.74, 6) is 1.58. The molecule has 5 heteroatoms. The number of hydrogen-bond donors (Lipinski definition) is 2. The monoisotopic (exact) mass is 368 g/mol. The van der Waals surface area contributed by atoms with Crippen molar-refractivity contribution in [2.24, 2.45) is 0 Å². The van der Waals surface area contributed by atoms with Crippen molar-refractivity contribution in [3.8, 4) is 5.75 Å². The highest BCUT2D eigenvalue weighted by atomic mass is 32.2. The number of amides is 1. The van der Waals surface area contributed by atoms with E-state index in [0.29, 0.717) is 18.7 Å². The van der Waals surface area contributed by atoms with Gasteiger partial charge in [0.05, 0.1) is 6.61 Å². The number of H-pyrrole nitrogens is 1. The number of carbonyl (C=O) groups is 1. The van der Waals surface area contributed by atoms with Gasteiger partial charge in [0.2, 0.25) is 0 Å². The molecule has 26 heavy (non-hydrogen) atoms. The van der Waals surface area contributed by atoms with Crippen molar-refractivity contribution in [3.63, 3.8) is 0 Å². The van der Waals surface area contributed by atoms with E-state index in [1.807, 2.05) is 42.6 Å². The minimum Gasteiger partial charge on any atom is -0.494 e. The van der Waals surface area contributed by atoms with Gasteiger partial charge in [0.15, 0.2) is 0 Å². The van der Waals surface area contributed by atoms with Crippen LogP contribution in [0.1, 0.15) is 30.1 Å². The number of carbonyl (C=O) groups excluding carboxylic acids is 1. The van der Waals surface area contributed by atoms with Crippen molar-refractivity contribution in [2.45, 2.75) is 24.7 Å². The van der Waals surface area contributed by atoms with Crippen LogP contribution >= 0.6 is 11.8 Å². The molecule has 0 atom stereocenters. The van der Waals surface area contributed by atoms with Crippen LogP contribution in [0.5, 0.6) is 5.75 Å². The van der Waals surface area contributed by atoms with E-state index in [1.54, 1.807) is 11.8 Å². The lowest BCUT2D eigenvalue weighted by Crippen LogP contribution is -2.25. The predicted octanol–water partition coefficient (Wildman–Crippen LogP) is 4.87. The van der Waals surface area contributed by atoms with E-state index >= 15 is 0 Å². The molecule has 0 unspecified atom stereocenters. The predicted molar refractivity (Wildman–Crippen MR) is 108 cm³/mol. The molecule has 0 aliphatic rings. The summed E-state index contributed by atoms with van der Waals surface area (Å²) in [6.45, 7) is 3.47. The highest BCUT2D eigenvalue weighted by molar-refractivity contribution is 7.99. The Morgan fingerprint density at radius 2 is 1.96 bits per heavy atom. The average Bonchev–Trinajstić information content (AvgIpc) is 3.09. The minimum atomic E-state index is -0.0513. The summed E-state index contributed by atoms with van der Waals surface area (Å²) in [5, 5.41) is 4.19. The van der Waals surface area contributed by atoms with Gasteiger partial charge in [0, 0.05) is 39.9 Å². The molecule has 3 aromatic rings. The zero-order valence-corrected chi connectivity index (χ0v) is 15.8. The third-order valence-electron chi connectivity index (χ3n) is 4.08. The molecule has 0 saturated carbocycles. The van der Waals surface area contributed by atoms with Gasteiger partial charge in [-0.25, -0.2) is 0 Å². The largest absolute Gasteiger partial charge is 0.494 e. The minimum absolute atomic E-state index is 0.0513. The molecule has 0 saturated heterocycles. The van der Waals surface area contributed by atoms with Crippen molar-refractivity contribution < 1.29 is 9.53 Å². The first-order valence-corrected chi connectivity index (χ1v) is 9.96. The van der Waals surface area contributed by atoms with Gasteiger partial charge in [0.25, 0.3) is 5.91 Å². The fraction of sp³-hybridized carbons (Fsp3) is 0.286. The molecule has 0 fully saturated rings. The first-order valence-electron chi connectivity index (χ1n) is 8.98. The molecule has 2 N–H and O–H groups in total. The fourth-order valence-corrected chi connectivity index (χ4v) is 3.53. The molecule has 2 aromatic carbocycles. The third kappa shape index (κ3) is 4.82. The Balaban J connectivity index is 1.44. The molecule has 1 heterocycles. The lowest BCUT2D eigenvalue weighted by atomic mass is 10.2. The van der Waals surface area contributed by atoms with Crippen LogP contribution in [0.25, 0.3) is 10.9 Å². The van der Waals surface area contributed by atoms with Gasteiger partial charge in [-0.3, -0.25) is 4.79 Å². The maximum atomic E-state index is 12.2. The van der Waals surface area contributed by atoms with Gasteiger partial charge in [-0.05, 0) is 36.8 Å². The van der Waals surface area contributed by atoms with Gasteiger partial charge < -0.3 is 15.0 Å². The topological polar surface area (TPSA) is 54.1 Å². The second-order valence-corrected chi connectivity index (χ2v) is 7.17. The number of fused-ring (bicyclic) bond motifs is 1. The van der Waals surface area contributed by atoms with Crippen LogP contribution in [0.3, 0.4) is 0 Å². The highest BCUT2D eigenvalue weighted by Gasteiger charge is 2.06. The molecule has 0 spiro atoms. The second-order valence-electron chi connectivity index (χ2n) is 6.03. The Hall–Kier alpha value is -2.40. The fourth-order valence-electron chi connectivity index (χ4n) is 2.63. The van der Waals surface area contributed by atoms with E-state index in [4.69, 9.17) is 4.74 Å². The molecule has 0 radical (unpaired) electrons. The number of ether oxygens (including phenoxy) is 1. The van der Waals surface area contributed by atoms with Gasteiger partial charge >= 0.3 is 0 Å². The van der Waals surface area contributed by atoms with Gasteiger partial charge in [-0.2, -0.15) is 0 Å². The van der Waals surface area contributed by atoms with Crippen LogP contribution in [-0.2, 0) is 0 Å². The molecule has 0 bridgehead atoms. The number of unbranched alkanes of at least 4 members (excludes halogenated alkanes) is 1. The van der Waals surface area contributed by atoms with Gasteiger partial charge in [-0.15, -0.1) is 11.8 Å². The Bertz CT molecular complexity index is 843. The second kappa shape index (κ2) is 9.34. The van der Waals surface area contributed by atoms with Crippen LogP contribution in [0.15, 0.2) is 59.6 Å². The molecular formula is C21H24N2O2S. The summed E-state index contributed by atoms with van der Waals surface area (Å²) in [6.07, 6.45) is 4.17. The summed E-state index contributed by atoms with van der Waals surface area (Å²) in [7, 11) is 0. The van der Waals surface area contributed by atoms with Crippen LogP contribution in [0, 0.1) is 0 Å². The van der Waals surface area contributed by atoms with E-state index in [1.165, 1.54) is 10.3 Å². The number of thioether (sulfide) groups is 1. The molecule has 3 rings (SSSR count). The summed E-state index contributed by atoms with van der Waals surface area (Å²) in [5.41, 5.74) is 1.80. The quantitative estimate of drug-likeness (QED) is 0.418. The van der Waals surface area contributed by atoms with Crippen molar-refractivity contribution in [2.75, 3.05) is 18.9 Å². The van der Waals surface area contributed by atoms with Crippen molar-refractivity contribution in [1.82, 2.24) is 10.3 Å². The third-order valence-corrected chi connectivity index (χ3v) is 5.14. The number of aromatic nitrogens is 1. The highest BCUT2D eigenvalue weighted by Crippen LogP contribution is 2.27. The van der Waals surface area contributed by atoms with Crippen LogP contribution < -0.4 is 10.1 Å². The van der Waals surface area contributed by atoms with Gasteiger partial charge in [0.1, 0.15) is 5.75 Å². The smallest absolute Gasteiger partial charge is 0.251 e. The van der Waals surface area contributed by atoms with Crippen molar-refractivity contribution >= 4 is 28.6 Å². The first-order chi connectivity index (χ1) is 12.8. The number of benzene rings is 2. The normalized spacial score (nSPS) is 10.8. The molecular weight excluding hydrogens is 344 g/mol. The Morgan fingerprint density at radius 3 is 2.77 bits per heavy atom. The lowest BCUT2D eigenvalue weighted by Gasteiger charge is -2.07. The van der Waals surface area contributed by atoms with E-state index in [0.717, 1.165) is 29.9 Å². The summed E-state index contributed by atoms with van der Waals surface area (Å²) in [4.78, 5) is 16.7. The molecule has 0 aliphatic heterocycles. The van der Waals surface area contributed by atoms with Crippen LogP contribution in [0.4, 0.5) is 0 Å². The van der Waals surface area contributed by atoms with Crippen LogP contribution in [-0.4, -0.2) is 29.8 Å². The maximum absolute atomic E-state index is 12.2. The Kier molecular flexibility index (Phi) is 6.61. The van der Waals surface area contributed by atoms with Crippen molar-refractivity contribution in [3.05, 3.63) is 60.3 Å². The molecule has 4 nitrogen and oxygen atoms in total. The molecule has 1 aromatic heterocycles. The summed E-state index contributed by atoms with van der Waals surface area (Å²) in [6, 6.07) is 15.6. The van der Waals surface area contributed by atoms with Gasteiger partial charge in [-0.1, -0.05) is 31.5 Å². The van der Waals surface area contributed by atoms with E-state index < -0.39 is 0 Å². The maximum Gasteiger partial charge on any atom is 0.251 e. The first kappa shape index (κ1) is 18.4. The number of hydrogen-bond acceptors (Lipinski definition) is 3. The van der Waals surface area contributed by atoms with Crippen LogP contribution in [0.2, 0.25) is 0 Å². The number of para-hydroxylation sites is 1. The Labute approximate surface area is 158 Å². The van der Waals surface area contributed by atoms with E-state index in [-0.39, 0.29) is 5.91 Å². The number of rotatable bonds is 9. The van der Waals surface area contributed by atoms with E-state index in [9.17, 15) is 4.79 Å². The summed E-state index contributed by atoms with van der Waals surface area (Å²) >= 11 is 1.74. The average molecular weight is 369 g/mol. The molecule has 0 aliphatic carbocycles. The molecule has 1 amide bonds. The Morgan fingerprint density at radius 1 is 1.15 bits per heavy atom. The SMILES string of the molecule is CCCCOc1ccc(C(=O)NCCSc2c[nH]c3ccccc23)cc1. The zero-order chi connectivity index (χ0) is 18.2. The standard InChI is InChI=1S/C21H24N2O2S/c1-2-3-13-25-17-10-8-16(9-11-17)21(24)22-12-14-26-20-15-23-19-7-5-4-6-18(19)20/h4-11,15,23H,2-3,12-14H2,1H3,(H,22,24). The zero-order valence-electron chi connectivity index (χ0n) is 15.0. The van der Waals surface area contributed by atoms with E-state index in [2.05, 4.69) is 29.4 Å². The molecule has 136 valence electrons. The van der Waals surface area contributed by atoms with Crippen molar-refractivity contribution in [1.29, 1.82) is 0 Å².